The third-order valence-electron chi connectivity index (χ3n) is 4.72. The van der Waals surface area contributed by atoms with Crippen LogP contribution in [0.2, 0.25) is 0 Å². The topological polar surface area (TPSA) is 67.3 Å². The van der Waals surface area contributed by atoms with Crippen molar-refractivity contribution in [3.8, 4) is 11.4 Å². The molecule has 0 aliphatic carbocycles. The number of nitrogens with zero attached hydrogens (tertiary/aromatic N) is 3. The molecule has 0 atom stereocenters. The minimum atomic E-state index is 0.574. The smallest absolute Gasteiger partial charge is 0.214 e. The van der Waals surface area contributed by atoms with E-state index in [9.17, 15) is 0 Å². The van der Waals surface area contributed by atoms with Gasteiger partial charge < -0.3 is 14.3 Å². The van der Waals surface area contributed by atoms with E-state index in [0.717, 1.165) is 37.5 Å². The van der Waals surface area contributed by atoms with Crippen molar-refractivity contribution in [1.29, 1.82) is 0 Å². The van der Waals surface area contributed by atoms with Gasteiger partial charge in [0.1, 0.15) is 5.76 Å². The maximum absolute atomic E-state index is 5.43. The summed E-state index contributed by atoms with van der Waals surface area (Å²) < 4.78 is 10.2. The summed E-state index contributed by atoms with van der Waals surface area (Å²) in [4.78, 5) is 6.52. The van der Waals surface area contributed by atoms with Crippen molar-refractivity contribution in [3.05, 3.63) is 60.4 Å². The monoisotopic (exact) mass is 338 g/mol. The first kappa shape index (κ1) is 16.1. The van der Waals surface area contributed by atoms with Crippen LogP contribution in [-0.2, 0) is 13.1 Å². The molecule has 1 N–H and O–H groups in total. The summed E-state index contributed by atoms with van der Waals surface area (Å²) in [5.74, 6) is 1.68. The molecular weight excluding hydrogens is 316 g/mol. The molecule has 3 heterocycles. The van der Waals surface area contributed by atoms with Crippen molar-refractivity contribution < 1.29 is 8.94 Å². The molecule has 25 heavy (non-hydrogen) atoms. The van der Waals surface area contributed by atoms with Gasteiger partial charge in [0.25, 0.3) is 0 Å². The van der Waals surface area contributed by atoms with E-state index < -0.39 is 0 Å². The average molecular weight is 338 g/mol. The fraction of sp³-hybridized carbons (Fsp3) is 0.368. The molecule has 0 spiro atoms. The van der Waals surface area contributed by atoms with Crippen molar-refractivity contribution in [2.24, 2.45) is 0 Å². The molecule has 0 bridgehead atoms. The van der Waals surface area contributed by atoms with Crippen LogP contribution < -0.4 is 5.32 Å². The Bertz CT molecular complexity index is 745. The van der Waals surface area contributed by atoms with E-state index in [1.54, 1.807) is 6.26 Å². The molecule has 1 aliphatic rings. The number of benzene rings is 1. The number of hydrogen-bond donors (Lipinski definition) is 1. The van der Waals surface area contributed by atoms with Gasteiger partial charge in [-0.15, -0.1) is 0 Å². The Kier molecular flexibility index (Phi) is 4.90. The molecule has 6 heteroatoms. The van der Waals surface area contributed by atoms with Crippen molar-refractivity contribution in [1.82, 2.24) is 20.4 Å². The van der Waals surface area contributed by atoms with E-state index in [1.165, 1.54) is 24.8 Å². The van der Waals surface area contributed by atoms with Gasteiger partial charge in [-0.1, -0.05) is 29.4 Å². The number of likely N-dealkylation sites (tertiary alicyclic amines) is 1. The highest BCUT2D eigenvalue weighted by molar-refractivity contribution is 5.54. The number of nitrogens with one attached hydrogen (secondary N) is 1. The third kappa shape index (κ3) is 4.15. The third-order valence-corrected chi connectivity index (χ3v) is 4.72. The molecule has 0 amide bonds. The molecule has 2 aromatic heterocycles. The van der Waals surface area contributed by atoms with Gasteiger partial charge in [0, 0.05) is 31.2 Å². The van der Waals surface area contributed by atoms with Gasteiger partial charge in [-0.3, -0.25) is 4.90 Å². The fourth-order valence-corrected chi connectivity index (χ4v) is 3.25. The highest BCUT2D eigenvalue weighted by Crippen LogP contribution is 2.17. The van der Waals surface area contributed by atoms with Crippen molar-refractivity contribution in [3.63, 3.8) is 0 Å². The first-order valence-corrected chi connectivity index (χ1v) is 8.70. The maximum atomic E-state index is 5.43. The van der Waals surface area contributed by atoms with Gasteiger partial charge in [0.05, 0.1) is 12.8 Å². The van der Waals surface area contributed by atoms with Gasteiger partial charge in [-0.25, -0.2) is 0 Å². The zero-order chi connectivity index (χ0) is 16.9. The lowest BCUT2D eigenvalue weighted by molar-refractivity contribution is 0.178. The largest absolute Gasteiger partial charge is 0.468 e. The molecule has 0 unspecified atom stereocenters. The summed E-state index contributed by atoms with van der Waals surface area (Å²) in [7, 11) is 0. The Balaban J connectivity index is 1.23. The van der Waals surface area contributed by atoms with E-state index >= 15 is 0 Å². The lowest BCUT2D eigenvalue weighted by atomic mass is 10.0. The molecule has 130 valence electrons. The Labute approximate surface area is 146 Å². The molecule has 0 radical (unpaired) electrons. The minimum Gasteiger partial charge on any atom is -0.468 e. The van der Waals surface area contributed by atoms with Gasteiger partial charge in [0.15, 0.2) is 0 Å². The summed E-state index contributed by atoms with van der Waals surface area (Å²) in [6.45, 7) is 4.01. The highest BCUT2D eigenvalue weighted by Gasteiger charge is 2.19. The van der Waals surface area contributed by atoms with Crippen LogP contribution in [0, 0.1) is 0 Å². The summed E-state index contributed by atoms with van der Waals surface area (Å²) in [6.07, 6.45) is 5.43. The van der Waals surface area contributed by atoms with E-state index in [-0.39, 0.29) is 0 Å². The summed E-state index contributed by atoms with van der Waals surface area (Å²) in [5, 5.41) is 7.53. The van der Waals surface area contributed by atoms with E-state index in [0.29, 0.717) is 11.9 Å². The van der Waals surface area contributed by atoms with Crippen LogP contribution in [0.15, 0.2) is 58.0 Å². The average Bonchev–Trinajstić information content (AvgIpc) is 3.36. The fourth-order valence-electron chi connectivity index (χ4n) is 3.25. The van der Waals surface area contributed by atoms with Crippen LogP contribution in [0.25, 0.3) is 11.4 Å². The maximum Gasteiger partial charge on any atom is 0.214 e. The van der Waals surface area contributed by atoms with Gasteiger partial charge in [-0.05, 0) is 30.5 Å². The Morgan fingerprint density at radius 1 is 1.12 bits per heavy atom. The second-order valence-electron chi connectivity index (χ2n) is 6.46. The predicted molar refractivity (Wildman–Crippen MR) is 93.6 cm³/mol. The van der Waals surface area contributed by atoms with Crippen LogP contribution in [0.5, 0.6) is 0 Å². The zero-order valence-corrected chi connectivity index (χ0v) is 14.1. The molecule has 1 aromatic carbocycles. The lowest BCUT2D eigenvalue weighted by Crippen LogP contribution is -2.41. The van der Waals surface area contributed by atoms with Crippen LogP contribution in [0.3, 0.4) is 0 Å². The number of rotatable bonds is 6. The number of furan rings is 1. The van der Waals surface area contributed by atoms with E-state index in [4.69, 9.17) is 8.94 Å². The predicted octanol–water partition coefficient (Wildman–Crippen LogP) is 3.08. The number of aromatic nitrogens is 2. The normalized spacial score (nSPS) is 16.3. The SMILES string of the molecule is c1coc(CN2CCC(NCc3ccc(-c4ncon4)cc3)CC2)c1. The Morgan fingerprint density at radius 2 is 1.96 bits per heavy atom. The first-order valence-electron chi connectivity index (χ1n) is 8.70. The molecule has 0 saturated carbocycles. The molecular formula is C19H22N4O2. The second-order valence-corrected chi connectivity index (χ2v) is 6.46. The quantitative estimate of drug-likeness (QED) is 0.745. The van der Waals surface area contributed by atoms with Crippen LogP contribution in [0.4, 0.5) is 0 Å². The lowest BCUT2D eigenvalue weighted by Gasteiger charge is -2.31. The molecule has 1 saturated heterocycles. The van der Waals surface area contributed by atoms with Gasteiger partial charge >= 0.3 is 0 Å². The number of hydrogen-bond acceptors (Lipinski definition) is 6. The highest BCUT2D eigenvalue weighted by atomic mass is 16.5. The summed E-state index contributed by atoms with van der Waals surface area (Å²) >= 11 is 0. The van der Waals surface area contributed by atoms with Crippen molar-refractivity contribution in [2.45, 2.75) is 32.0 Å². The summed E-state index contributed by atoms with van der Waals surface area (Å²) in [5.41, 5.74) is 2.24. The van der Waals surface area contributed by atoms with Gasteiger partial charge in [0.2, 0.25) is 12.2 Å². The number of piperidine rings is 1. The Hall–Kier alpha value is -2.44. The van der Waals surface area contributed by atoms with Crippen LogP contribution >= 0.6 is 0 Å². The van der Waals surface area contributed by atoms with Crippen molar-refractivity contribution in [2.75, 3.05) is 13.1 Å². The van der Waals surface area contributed by atoms with Gasteiger partial charge in [-0.2, -0.15) is 4.98 Å². The zero-order valence-electron chi connectivity index (χ0n) is 14.1. The molecule has 3 aromatic rings. The molecule has 1 aliphatic heterocycles. The van der Waals surface area contributed by atoms with E-state index in [1.807, 2.05) is 24.3 Å². The van der Waals surface area contributed by atoms with Crippen LogP contribution in [-0.4, -0.2) is 34.2 Å². The summed E-state index contributed by atoms with van der Waals surface area (Å²) in [6, 6.07) is 12.9. The molecule has 1 fully saturated rings. The van der Waals surface area contributed by atoms with Crippen molar-refractivity contribution >= 4 is 0 Å². The minimum absolute atomic E-state index is 0.574. The van der Waals surface area contributed by atoms with Crippen LogP contribution in [0.1, 0.15) is 24.2 Å². The molecule has 4 rings (SSSR count). The first-order chi connectivity index (χ1) is 12.4. The standard InChI is InChI=1S/C19H22N4O2/c1-2-18(24-11-1)13-23-9-7-17(8-10-23)20-12-15-3-5-16(6-4-15)19-21-14-25-22-19/h1-6,11,14,17,20H,7-10,12-13H2. The second kappa shape index (κ2) is 7.63. The Morgan fingerprint density at radius 3 is 2.64 bits per heavy atom. The van der Waals surface area contributed by atoms with E-state index in [2.05, 4.69) is 32.5 Å². The molecule has 6 nitrogen and oxygen atoms in total.